The van der Waals surface area contributed by atoms with Crippen molar-refractivity contribution in [3.05, 3.63) is 158 Å². The third kappa shape index (κ3) is 17.5. The lowest BCUT2D eigenvalue weighted by molar-refractivity contribution is -0.120. The van der Waals surface area contributed by atoms with Gasteiger partial charge >= 0.3 is 0 Å². The summed E-state index contributed by atoms with van der Waals surface area (Å²) in [6.07, 6.45) is 13.3. The number of carbonyl (C=O) groups is 1. The molecule has 75 heavy (non-hydrogen) atoms. The van der Waals surface area contributed by atoms with Crippen molar-refractivity contribution >= 4 is 43.2 Å². The highest BCUT2D eigenvalue weighted by molar-refractivity contribution is 7.00. The first kappa shape index (κ1) is 63.6. The maximum Gasteiger partial charge on any atom is 0.261 e. The van der Waals surface area contributed by atoms with E-state index >= 15 is 0 Å². The van der Waals surface area contributed by atoms with E-state index in [2.05, 4.69) is 210 Å². The fourth-order valence-corrected chi connectivity index (χ4v) is 21.0. The Kier molecular flexibility index (Phi) is 25.2. The van der Waals surface area contributed by atoms with Crippen LogP contribution in [0.3, 0.4) is 0 Å². The summed E-state index contributed by atoms with van der Waals surface area (Å²) in [6, 6.07) is 43.5. The second-order valence-electron chi connectivity index (χ2n) is 24.6. The van der Waals surface area contributed by atoms with Crippen molar-refractivity contribution in [1.82, 2.24) is 0 Å². The standard InChI is InChI=1S/C34H50O2Si.C33H48O3Si.CH4/c1-26(2)28(4)24-27(3)21-22-33-29(5)25-30(36-33)16-15-23-35-37(34(6,7)8,31-17-11-9-12-18-31)32-19-13-10-14-20-32;1-25(23-26(2)28(4)34)20-21-32-27(3)24-29(36-32)15-14-22-35-37(33(5,6)7,30-16-10-8-11-17-30)31-18-12-9-13-19-31;/h9-14,17-20,27-28,30,33H,1,5,15-16,21-25H2,2-4,6-8H3;8-13,16-19,25-26,29,32H,3,14-15,20-24H2,1-2,4-7H3;1H4/t27-,28?,30+,33?;25-,26?,29+,32?;/m11./s1. The first-order chi connectivity index (χ1) is 35.1. The number of carbonyl (C=O) groups excluding carboxylic acids is 1. The second-order valence-corrected chi connectivity index (χ2v) is 33.2. The smallest absolute Gasteiger partial charge is 0.261 e. The Hall–Kier alpha value is -3.96. The Morgan fingerprint density at radius 1 is 0.547 bits per heavy atom. The summed E-state index contributed by atoms with van der Waals surface area (Å²) in [5.74, 6) is 2.22. The molecule has 8 atom stereocenters. The first-order valence-electron chi connectivity index (χ1n) is 28.4. The van der Waals surface area contributed by atoms with Gasteiger partial charge in [-0.15, -0.1) is 0 Å². The minimum absolute atomic E-state index is 0. The Bertz CT molecular complexity index is 2070. The van der Waals surface area contributed by atoms with E-state index < -0.39 is 16.6 Å². The normalized spacial score (nSPS) is 19.8. The molecule has 6 rings (SSSR count). The average molecular weight is 1060 g/mol. The largest absolute Gasteiger partial charge is 0.407 e. The summed E-state index contributed by atoms with van der Waals surface area (Å²) in [4.78, 5) is 11.6. The van der Waals surface area contributed by atoms with Gasteiger partial charge in [-0.05, 0) is 151 Å². The van der Waals surface area contributed by atoms with Crippen LogP contribution in [0.2, 0.25) is 10.1 Å². The van der Waals surface area contributed by atoms with Gasteiger partial charge in [0.15, 0.2) is 0 Å². The summed E-state index contributed by atoms with van der Waals surface area (Å²) in [6.45, 7) is 41.1. The van der Waals surface area contributed by atoms with Crippen LogP contribution in [0.5, 0.6) is 0 Å². The van der Waals surface area contributed by atoms with Gasteiger partial charge in [-0.1, -0.05) is 223 Å². The highest BCUT2D eigenvalue weighted by Gasteiger charge is 2.51. The molecule has 4 aromatic carbocycles. The molecule has 2 saturated heterocycles. The van der Waals surface area contributed by atoms with Crippen LogP contribution < -0.4 is 20.7 Å². The molecular formula is C68H102O5Si2. The van der Waals surface area contributed by atoms with E-state index in [1.54, 1.807) is 6.92 Å². The van der Waals surface area contributed by atoms with Gasteiger partial charge in [0.25, 0.3) is 16.6 Å². The van der Waals surface area contributed by atoms with Crippen LogP contribution in [0.25, 0.3) is 0 Å². The highest BCUT2D eigenvalue weighted by atomic mass is 28.4. The molecule has 0 spiro atoms. The zero-order valence-electron chi connectivity index (χ0n) is 48.2. The maximum absolute atomic E-state index is 11.6. The molecule has 0 saturated carbocycles. The van der Waals surface area contributed by atoms with Crippen molar-refractivity contribution < 1.29 is 23.1 Å². The first-order valence-corrected chi connectivity index (χ1v) is 32.2. The van der Waals surface area contributed by atoms with Crippen molar-refractivity contribution in [2.24, 2.45) is 23.7 Å². The number of allylic oxidation sites excluding steroid dienone is 1. The second kappa shape index (κ2) is 29.7. The monoisotopic (exact) mass is 1050 g/mol. The number of ketones is 1. The summed E-state index contributed by atoms with van der Waals surface area (Å²) < 4.78 is 27.0. The zero-order chi connectivity index (χ0) is 54.1. The van der Waals surface area contributed by atoms with E-state index in [9.17, 15) is 4.79 Å². The fourth-order valence-electron chi connectivity index (χ4n) is 11.8. The molecule has 2 aliphatic heterocycles. The molecule has 0 bridgehead atoms. The Morgan fingerprint density at radius 3 is 1.13 bits per heavy atom. The van der Waals surface area contributed by atoms with Crippen LogP contribution in [-0.4, -0.2) is 60.0 Å². The predicted molar refractivity (Wildman–Crippen MR) is 327 cm³/mol. The molecular weight excluding hydrogens is 953 g/mol. The van der Waals surface area contributed by atoms with E-state index in [4.69, 9.17) is 18.3 Å². The van der Waals surface area contributed by atoms with Crippen LogP contribution in [0.1, 0.15) is 168 Å². The molecule has 2 aliphatic rings. The van der Waals surface area contributed by atoms with Gasteiger partial charge in [0.2, 0.25) is 0 Å². The summed E-state index contributed by atoms with van der Waals surface area (Å²) in [7, 11) is -4.95. The number of Topliss-reactive ketones (excluding diaryl/α,β-unsaturated/α-hetero) is 1. The van der Waals surface area contributed by atoms with Gasteiger partial charge in [0.05, 0.1) is 24.4 Å². The molecule has 4 unspecified atom stereocenters. The lowest BCUT2D eigenvalue weighted by atomic mass is 9.88. The van der Waals surface area contributed by atoms with Crippen molar-refractivity contribution in [2.45, 2.75) is 202 Å². The van der Waals surface area contributed by atoms with Gasteiger partial charge in [-0.25, -0.2) is 0 Å². The van der Waals surface area contributed by atoms with Gasteiger partial charge in [0.1, 0.15) is 5.78 Å². The Labute approximate surface area is 460 Å². The van der Waals surface area contributed by atoms with E-state index in [1.165, 1.54) is 50.3 Å². The number of ether oxygens (including phenoxy) is 2. The van der Waals surface area contributed by atoms with Crippen molar-refractivity contribution in [3.63, 3.8) is 0 Å². The molecule has 0 aromatic heterocycles. The minimum atomic E-state index is -2.48. The van der Waals surface area contributed by atoms with E-state index in [0.29, 0.717) is 17.8 Å². The van der Waals surface area contributed by atoms with Crippen molar-refractivity contribution in [2.75, 3.05) is 13.2 Å². The maximum atomic E-state index is 11.6. The molecule has 2 fully saturated rings. The summed E-state index contributed by atoms with van der Waals surface area (Å²) >= 11 is 0. The van der Waals surface area contributed by atoms with E-state index in [0.717, 1.165) is 77.4 Å². The van der Waals surface area contributed by atoms with Gasteiger partial charge in [0, 0.05) is 19.1 Å². The predicted octanol–water partition coefficient (Wildman–Crippen LogP) is 15.8. The zero-order valence-corrected chi connectivity index (χ0v) is 50.2. The average Bonchev–Trinajstić information content (AvgIpc) is 3.92. The van der Waals surface area contributed by atoms with Crippen LogP contribution in [0.4, 0.5) is 0 Å². The third-order valence-electron chi connectivity index (χ3n) is 16.3. The molecule has 0 radical (unpaired) electrons. The van der Waals surface area contributed by atoms with Crippen LogP contribution in [0, 0.1) is 23.7 Å². The molecule has 0 aliphatic carbocycles. The molecule has 2 heterocycles. The third-order valence-corrected chi connectivity index (χ3v) is 26.4. The molecule has 4 aromatic rings. The van der Waals surface area contributed by atoms with Crippen LogP contribution in [0.15, 0.2) is 158 Å². The minimum Gasteiger partial charge on any atom is -0.407 e. The summed E-state index contributed by atoms with van der Waals surface area (Å²) in [5.41, 5.74) is 3.79. The topological polar surface area (TPSA) is 54.0 Å². The van der Waals surface area contributed by atoms with Gasteiger partial charge in [-0.2, -0.15) is 0 Å². The van der Waals surface area contributed by atoms with E-state index in [-0.39, 0.29) is 53.6 Å². The number of hydrogen-bond donors (Lipinski definition) is 0. The Balaban J connectivity index is 0.000000320. The number of hydrogen-bond acceptors (Lipinski definition) is 5. The number of rotatable bonds is 26. The van der Waals surface area contributed by atoms with Crippen LogP contribution >= 0.6 is 0 Å². The fraction of sp³-hybridized carbons (Fsp3) is 0.544. The molecule has 0 amide bonds. The quantitative estimate of drug-likeness (QED) is 0.0356. The molecule has 5 nitrogen and oxygen atoms in total. The van der Waals surface area contributed by atoms with Crippen molar-refractivity contribution in [3.8, 4) is 0 Å². The van der Waals surface area contributed by atoms with E-state index in [1.807, 2.05) is 6.92 Å². The van der Waals surface area contributed by atoms with Crippen LogP contribution in [-0.2, 0) is 23.1 Å². The SMILES string of the molecule is C.C=C(C)C(C)C[C@H](C)CCC1O[C@@H](CCCO[Si](c2ccccc2)(c2ccccc2)C(C)(C)C)CC1=C.C=C1C[C@H](CCCO[Si](c2ccccc2)(c2ccccc2)C(C)(C)C)OC1CC[C@@H](C)CC(C)C(C)=O. The van der Waals surface area contributed by atoms with Gasteiger partial charge in [-0.3, -0.25) is 4.79 Å². The lowest BCUT2D eigenvalue weighted by Gasteiger charge is -2.43. The molecule has 7 heteroatoms. The Morgan fingerprint density at radius 2 is 0.853 bits per heavy atom. The highest BCUT2D eigenvalue weighted by Crippen LogP contribution is 2.39. The number of benzene rings is 4. The lowest BCUT2D eigenvalue weighted by Crippen LogP contribution is -2.66. The molecule has 0 N–H and O–H groups in total. The molecule has 412 valence electrons. The van der Waals surface area contributed by atoms with Gasteiger partial charge < -0.3 is 18.3 Å². The summed E-state index contributed by atoms with van der Waals surface area (Å²) in [5, 5.41) is 5.34. The van der Waals surface area contributed by atoms with Crippen molar-refractivity contribution in [1.29, 1.82) is 0 Å².